The van der Waals surface area contributed by atoms with Crippen LogP contribution in [0.4, 0.5) is 0 Å². The maximum absolute atomic E-state index is 9.67. The van der Waals surface area contributed by atoms with E-state index in [1.54, 1.807) is 0 Å². The first kappa shape index (κ1) is 26.2. The summed E-state index contributed by atoms with van der Waals surface area (Å²) < 4.78 is 0. The van der Waals surface area contributed by atoms with Gasteiger partial charge < -0.3 is 0 Å². The lowest BCUT2D eigenvalue weighted by Crippen LogP contribution is -1.97. The molecule has 0 radical (unpaired) electrons. The molecule has 0 fully saturated rings. The van der Waals surface area contributed by atoms with Gasteiger partial charge in [0.1, 0.15) is 0 Å². The van der Waals surface area contributed by atoms with Crippen molar-refractivity contribution in [3.63, 3.8) is 0 Å². The van der Waals surface area contributed by atoms with Crippen LogP contribution in [-0.4, -0.2) is 0 Å². The summed E-state index contributed by atoms with van der Waals surface area (Å²) in [5.41, 5.74) is 10.1. The highest BCUT2D eigenvalue weighted by Crippen LogP contribution is 2.29. The Morgan fingerprint density at radius 3 is 1.18 bits per heavy atom. The highest BCUT2D eigenvalue weighted by atomic mass is 14.3. The molecular weight excluding hydrogens is 484 g/mol. The molecule has 190 valence electrons. The van der Waals surface area contributed by atoms with Crippen molar-refractivity contribution < 1.29 is 0 Å². The van der Waals surface area contributed by atoms with Crippen LogP contribution in [0.1, 0.15) is 44.5 Å². The quantitative estimate of drug-likeness (QED) is 0.195. The molecule has 0 N–H and O–H groups in total. The Balaban J connectivity index is 1.54. The van der Waals surface area contributed by atoms with Gasteiger partial charge in [0.15, 0.2) is 0 Å². The number of hydrogen-bond donors (Lipinski definition) is 0. The van der Waals surface area contributed by atoms with Crippen LogP contribution in [0.5, 0.6) is 0 Å². The van der Waals surface area contributed by atoms with Crippen molar-refractivity contribution in [1.82, 2.24) is 0 Å². The number of allylic oxidation sites excluding steroid dienone is 2. The van der Waals surface area contributed by atoms with E-state index in [0.717, 1.165) is 44.5 Å². The summed E-state index contributed by atoms with van der Waals surface area (Å²) >= 11 is 0. The van der Waals surface area contributed by atoms with Crippen LogP contribution in [-0.2, 0) is 12.8 Å². The summed E-state index contributed by atoms with van der Waals surface area (Å²) in [5.74, 6) is 0. The van der Waals surface area contributed by atoms with E-state index >= 15 is 0 Å². The third-order valence-corrected chi connectivity index (χ3v) is 6.94. The molecule has 0 bridgehead atoms. The number of nitrogens with zero attached hydrogens (tertiary/aromatic N) is 2. The van der Waals surface area contributed by atoms with Crippen molar-refractivity contribution in [3.8, 4) is 12.1 Å². The first-order chi connectivity index (χ1) is 19.7. The summed E-state index contributed by atoms with van der Waals surface area (Å²) in [7, 11) is 0. The highest BCUT2D eigenvalue weighted by molar-refractivity contribution is 5.86. The van der Waals surface area contributed by atoms with Gasteiger partial charge in [-0.05, 0) is 69.5 Å². The van der Waals surface area contributed by atoms with Crippen molar-refractivity contribution in [1.29, 1.82) is 10.5 Å². The predicted octanol–water partition coefficient (Wildman–Crippen LogP) is 9.00. The van der Waals surface area contributed by atoms with E-state index in [-0.39, 0.29) is 0 Å². The second-order valence-electron chi connectivity index (χ2n) is 9.63. The smallest absolute Gasteiger partial charge is 0.0994 e. The molecule has 5 aromatic carbocycles. The molecule has 0 spiro atoms. The molecule has 0 saturated heterocycles. The monoisotopic (exact) mass is 512 g/mol. The molecule has 2 heteroatoms. The minimum atomic E-state index is 0.653. The van der Waals surface area contributed by atoms with E-state index in [4.69, 9.17) is 0 Å². The van der Waals surface area contributed by atoms with Crippen molar-refractivity contribution >= 4 is 23.3 Å². The van der Waals surface area contributed by atoms with Gasteiger partial charge in [-0.2, -0.15) is 10.5 Å². The molecule has 0 aromatic heterocycles. The Bertz CT molecular complexity index is 1600. The number of benzene rings is 5. The van der Waals surface area contributed by atoms with Gasteiger partial charge in [-0.25, -0.2) is 0 Å². The van der Waals surface area contributed by atoms with Crippen LogP contribution in [0.2, 0.25) is 0 Å². The highest BCUT2D eigenvalue weighted by Gasteiger charge is 2.11. The van der Waals surface area contributed by atoms with Gasteiger partial charge in [0.25, 0.3) is 0 Å². The molecule has 0 aliphatic rings. The van der Waals surface area contributed by atoms with E-state index in [1.165, 1.54) is 0 Å². The third kappa shape index (κ3) is 6.51. The molecule has 0 unspecified atom stereocenters. The van der Waals surface area contributed by atoms with Gasteiger partial charge in [-0.1, -0.05) is 133 Å². The Kier molecular flexibility index (Phi) is 8.43. The summed E-state index contributed by atoms with van der Waals surface area (Å²) in [6.45, 7) is 0. The van der Waals surface area contributed by atoms with Crippen LogP contribution in [0.15, 0.2) is 133 Å². The minimum Gasteiger partial charge on any atom is -0.192 e. The van der Waals surface area contributed by atoms with E-state index in [0.29, 0.717) is 24.0 Å². The molecule has 0 aliphatic heterocycles. The fourth-order valence-electron chi connectivity index (χ4n) is 4.85. The van der Waals surface area contributed by atoms with Crippen LogP contribution in [0, 0.1) is 22.7 Å². The van der Waals surface area contributed by atoms with Crippen molar-refractivity contribution in [2.24, 2.45) is 0 Å². The fourth-order valence-corrected chi connectivity index (χ4v) is 4.85. The first-order valence-corrected chi connectivity index (χ1v) is 13.3. The number of rotatable bonds is 8. The summed E-state index contributed by atoms with van der Waals surface area (Å²) in [6, 6.07) is 49.5. The summed E-state index contributed by atoms with van der Waals surface area (Å²) in [5, 5.41) is 19.3. The molecule has 0 aliphatic carbocycles. The van der Waals surface area contributed by atoms with Crippen LogP contribution >= 0.6 is 0 Å². The van der Waals surface area contributed by atoms with Gasteiger partial charge in [-0.3, -0.25) is 0 Å². The average Bonchev–Trinajstić information content (AvgIpc) is 3.02. The second kappa shape index (κ2) is 12.9. The van der Waals surface area contributed by atoms with Gasteiger partial charge >= 0.3 is 0 Å². The number of nitriles is 2. The van der Waals surface area contributed by atoms with Crippen molar-refractivity contribution in [2.45, 2.75) is 12.8 Å². The van der Waals surface area contributed by atoms with Crippen LogP contribution < -0.4 is 0 Å². The third-order valence-electron chi connectivity index (χ3n) is 6.94. The number of hydrogen-bond acceptors (Lipinski definition) is 2. The zero-order chi connectivity index (χ0) is 27.6. The van der Waals surface area contributed by atoms with Gasteiger partial charge in [0, 0.05) is 0 Å². The molecule has 5 aromatic rings. The van der Waals surface area contributed by atoms with E-state index in [2.05, 4.69) is 72.8 Å². The van der Waals surface area contributed by atoms with Crippen molar-refractivity contribution in [2.75, 3.05) is 0 Å². The molecule has 0 heterocycles. The lowest BCUT2D eigenvalue weighted by Gasteiger charge is -2.14. The molecule has 5 rings (SSSR count). The van der Waals surface area contributed by atoms with Gasteiger partial charge in [-0.15, -0.1) is 0 Å². The Hall–Kier alpha value is -5.44. The summed E-state index contributed by atoms with van der Waals surface area (Å²) in [4.78, 5) is 0. The van der Waals surface area contributed by atoms with Crippen LogP contribution in [0.3, 0.4) is 0 Å². The SMILES string of the molecule is N#Cc1ccccc1CC(=Cc1ccccc1)c1ccc(C(=Cc2ccccc2)Cc2ccccc2C#N)cc1. The molecule has 2 nitrogen and oxygen atoms in total. The fraction of sp³-hybridized carbons (Fsp3) is 0.0526. The largest absolute Gasteiger partial charge is 0.192 e. The van der Waals surface area contributed by atoms with Gasteiger partial charge in [0.2, 0.25) is 0 Å². The van der Waals surface area contributed by atoms with Crippen molar-refractivity contribution in [3.05, 3.63) is 178 Å². The zero-order valence-electron chi connectivity index (χ0n) is 22.2. The Labute approximate surface area is 236 Å². The first-order valence-electron chi connectivity index (χ1n) is 13.3. The lowest BCUT2D eigenvalue weighted by atomic mass is 9.90. The summed E-state index contributed by atoms with van der Waals surface area (Å²) in [6.07, 6.45) is 5.71. The molecule has 0 saturated carbocycles. The molecule has 0 amide bonds. The maximum Gasteiger partial charge on any atom is 0.0994 e. The lowest BCUT2D eigenvalue weighted by molar-refractivity contribution is 1.25. The van der Waals surface area contributed by atoms with Gasteiger partial charge in [0.05, 0.1) is 23.3 Å². The van der Waals surface area contributed by atoms with Crippen LogP contribution in [0.25, 0.3) is 23.3 Å². The maximum atomic E-state index is 9.67. The van der Waals surface area contributed by atoms with E-state index < -0.39 is 0 Å². The second-order valence-corrected chi connectivity index (χ2v) is 9.63. The topological polar surface area (TPSA) is 47.6 Å². The molecule has 0 atom stereocenters. The Morgan fingerprint density at radius 1 is 0.450 bits per heavy atom. The van der Waals surface area contributed by atoms with E-state index in [1.807, 2.05) is 84.9 Å². The van der Waals surface area contributed by atoms with E-state index in [9.17, 15) is 10.5 Å². The predicted molar refractivity (Wildman–Crippen MR) is 165 cm³/mol. The standard InChI is InChI=1S/C38H28N2/c39-27-35-17-9-7-15-33(35)25-37(23-29-11-3-1-4-12-29)31-19-21-32(22-20-31)38(24-30-13-5-2-6-14-30)26-34-16-8-10-18-36(34)28-40/h1-24H,25-26H2. The average molecular weight is 513 g/mol. The normalized spacial score (nSPS) is 11.4. The Morgan fingerprint density at radius 2 is 0.800 bits per heavy atom. The zero-order valence-corrected chi connectivity index (χ0v) is 22.2. The minimum absolute atomic E-state index is 0.653. The molecule has 40 heavy (non-hydrogen) atoms. The molecular formula is C38H28N2.